The van der Waals surface area contributed by atoms with Crippen LogP contribution in [0.2, 0.25) is 5.02 Å². The summed E-state index contributed by atoms with van der Waals surface area (Å²) in [6, 6.07) is 10.5. The number of pyridine rings is 1. The number of hydrogen-bond acceptors (Lipinski definition) is 2. The number of likely N-dealkylation sites (N-methyl/N-ethyl adjacent to an activating group) is 1. The van der Waals surface area contributed by atoms with Crippen molar-refractivity contribution in [2.75, 3.05) is 6.54 Å². The van der Waals surface area contributed by atoms with Gasteiger partial charge in [0.1, 0.15) is 0 Å². The number of halogens is 1. The molecule has 1 atom stereocenters. The van der Waals surface area contributed by atoms with Crippen molar-refractivity contribution < 1.29 is 0 Å². The highest BCUT2D eigenvalue weighted by atomic mass is 35.5. The van der Waals surface area contributed by atoms with Gasteiger partial charge in [0.05, 0.1) is 0 Å². The minimum Gasteiger partial charge on any atom is -0.310 e. The molecule has 1 aromatic carbocycles. The first-order chi connectivity index (χ1) is 9.20. The van der Waals surface area contributed by atoms with E-state index in [-0.39, 0.29) is 0 Å². The van der Waals surface area contributed by atoms with Crippen LogP contribution in [0.1, 0.15) is 29.7 Å². The van der Waals surface area contributed by atoms with Gasteiger partial charge in [-0.1, -0.05) is 24.6 Å². The first-order valence-electron chi connectivity index (χ1n) is 6.59. The molecule has 0 bridgehead atoms. The summed E-state index contributed by atoms with van der Waals surface area (Å²) in [5.41, 5.74) is 3.82. The number of nitrogens with zero attached hydrogens (tertiary/aromatic N) is 1. The average molecular weight is 275 g/mol. The van der Waals surface area contributed by atoms with E-state index in [0.717, 1.165) is 18.0 Å². The molecule has 1 unspecified atom stereocenters. The molecule has 2 nitrogen and oxygen atoms in total. The van der Waals surface area contributed by atoms with E-state index in [1.54, 1.807) is 0 Å². The van der Waals surface area contributed by atoms with Crippen LogP contribution in [0.15, 0.2) is 42.7 Å². The molecule has 1 heterocycles. The lowest BCUT2D eigenvalue weighted by molar-refractivity contribution is 0.547. The molecule has 2 rings (SSSR count). The number of rotatable bonds is 5. The third-order valence-corrected chi connectivity index (χ3v) is 3.48. The molecule has 3 heteroatoms. The molecule has 0 saturated heterocycles. The Morgan fingerprint density at radius 2 is 1.95 bits per heavy atom. The molecule has 0 saturated carbocycles. The first kappa shape index (κ1) is 14.0. The van der Waals surface area contributed by atoms with E-state index in [2.05, 4.69) is 42.3 Å². The number of hydrogen-bond donors (Lipinski definition) is 1. The smallest absolute Gasteiger partial charge is 0.0408 e. The Hall–Kier alpha value is -1.38. The predicted octanol–water partition coefficient (Wildman–Crippen LogP) is 3.94. The van der Waals surface area contributed by atoms with Crippen LogP contribution in [-0.2, 0) is 6.42 Å². The topological polar surface area (TPSA) is 24.9 Å². The van der Waals surface area contributed by atoms with E-state index in [9.17, 15) is 0 Å². The van der Waals surface area contributed by atoms with E-state index in [1.165, 1.54) is 16.7 Å². The van der Waals surface area contributed by atoms with Crippen molar-refractivity contribution in [3.63, 3.8) is 0 Å². The SMILES string of the molecule is CCNC(Cc1ccncc1)c1ccc(Cl)cc1C. The Bertz CT molecular complexity index is 526. The fraction of sp³-hybridized carbons (Fsp3) is 0.312. The van der Waals surface area contributed by atoms with Gasteiger partial charge in [0.15, 0.2) is 0 Å². The number of nitrogens with one attached hydrogen (secondary N) is 1. The second kappa shape index (κ2) is 6.69. The number of benzene rings is 1. The number of aryl methyl sites for hydroxylation is 1. The van der Waals surface area contributed by atoms with Crippen LogP contribution in [0.3, 0.4) is 0 Å². The summed E-state index contributed by atoms with van der Waals surface area (Å²) in [6.07, 6.45) is 4.64. The summed E-state index contributed by atoms with van der Waals surface area (Å²) < 4.78 is 0. The Morgan fingerprint density at radius 3 is 2.58 bits per heavy atom. The van der Waals surface area contributed by atoms with Crippen molar-refractivity contribution in [3.8, 4) is 0 Å². The predicted molar refractivity (Wildman–Crippen MR) is 80.5 cm³/mol. The highest BCUT2D eigenvalue weighted by molar-refractivity contribution is 6.30. The summed E-state index contributed by atoms with van der Waals surface area (Å²) in [7, 11) is 0. The molecule has 100 valence electrons. The highest BCUT2D eigenvalue weighted by Gasteiger charge is 2.13. The molecular weight excluding hydrogens is 256 g/mol. The molecule has 1 aromatic heterocycles. The van der Waals surface area contributed by atoms with Gasteiger partial charge in [0.25, 0.3) is 0 Å². The van der Waals surface area contributed by atoms with Gasteiger partial charge in [0, 0.05) is 23.5 Å². The molecule has 1 N–H and O–H groups in total. The zero-order valence-corrected chi connectivity index (χ0v) is 12.1. The molecule has 0 aliphatic carbocycles. The third kappa shape index (κ3) is 3.79. The first-order valence-corrected chi connectivity index (χ1v) is 6.97. The molecular formula is C16H19ClN2. The van der Waals surface area contributed by atoms with Gasteiger partial charge in [0.2, 0.25) is 0 Å². The van der Waals surface area contributed by atoms with Gasteiger partial charge in [-0.15, -0.1) is 0 Å². The highest BCUT2D eigenvalue weighted by Crippen LogP contribution is 2.24. The average Bonchev–Trinajstić information content (AvgIpc) is 2.39. The van der Waals surface area contributed by atoms with Crippen molar-refractivity contribution in [3.05, 3.63) is 64.4 Å². The normalized spacial score (nSPS) is 12.4. The Kier molecular flexibility index (Phi) is 4.94. The minimum atomic E-state index is 0.310. The Morgan fingerprint density at radius 1 is 1.21 bits per heavy atom. The Labute approximate surface area is 119 Å². The minimum absolute atomic E-state index is 0.310. The standard InChI is InChI=1S/C16H19ClN2/c1-3-19-16(11-13-6-8-18-9-7-13)15-5-4-14(17)10-12(15)2/h4-10,16,19H,3,11H2,1-2H3. The lowest BCUT2D eigenvalue weighted by atomic mass is 9.96. The van der Waals surface area contributed by atoms with E-state index in [0.29, 0.717) is 6.04 Å². The maximum Gasteiger partial charge on any atom is 0.0408 e. The lowest BCUT2D eigenvalue weighted by Gasteiger charge is -2.20. The van der Waals surface area contributed by atoms with Gasteiger partial charge in [-0.25, -0.2) is 0 Å². The van der Waals surface area contributed by atoms with Crippen LogP contribution in [0.5, 0.6) is 0 Å². The molecule has 0 fully saturated rings. The van der Waals surface area contributed by atoms with Crippen molar-refractivity contribution >= 4 is 11.6 Å². The molecule has 0 amide bonds. The quantitative estimate of drug-likeness (QED) is 0.893. The maximum atomic E-state index is 6.03. The van der Waals surface area contributed by atoms with Crippen molar-refractivity contribution in [1.29, 1.82) is 0 Å². The zero-order valence-electron chi connectivity index (χ0n) is 11.4. The van der Waals surface area contributed by atoms with Crippen LogP contribution in [0.4, 0.5) is 0 Å². The molecule has 0 aliphatic heterocycles. The fourth-order valence-corrected chi connectivity index (χ4v) is 2.55. The van der Waals surface area contributed by atoms with Gasteiger partial charge in [-0.3, -0.25) is 4.98 Å². The number of aromatic nitrogens is 1. The third-order valence-electron chi connectivity index (χ3n) is 3.25. The molecule has 0 spiro atoms. The van der Waals surface area contributed by atoms with Crippen LogP contribution < -0.4 is 5.32 Å². The maximum absolute atomic E-state index is 6.03. The molecule has 19 heavy (non-hydrogen) atoms. The summed E-state index contributed by atoms with van der Waals surface area (Å²) in [6.45, 7) is 5.18. The van der Waals surface area contributed by atoms with Crippen molar-refractivity contribution in [1.82, 2.24) is 10.3 Å². The van der Waals surface area contributed by atoms with Gasteiger partial charge in [-0.05, 0) is 60.8 Å². The van der Waals surface area contributed by atoms with E-state index in [4.69, 9.17) is 11.6 Å². The van der Waals surface area contributed by atoms with Crippen LogP contribution in [0.25, 0.3) is 0 Å². The molecule has 2 aromatic rings. The zero-order chi connectivity index (χ0) is 13.7. The van der Waals surface area contributed by atoms with Crippen LogP contribution in [-0.4, -0.2) is 11.5 Å². The second-order valence-corrected chi connectivity index (χ2v) is 5.11. The van der Waals surface area contributed by atoms with Crippen molar-refractivity contribution in [2.24, 2.45) is 0 Å². The largest absolute Gasteiger partial charge is 0.310 e. The Balaban J connectivity index is 2.24. The summed E-state index contributed by atoms with van der Waals surface area (Å²) in [5.74, 6) is 0. The van der Waals surface area contributed by atoms with E-state index < -0.39 is 0 Å². The van der Waals surface area contributed by atoms with E-state index in [1.807, 2.05) is 24.5 Å². The van der Waals surface area contributed by atoms with Gasteiger partial charge in [-0.2, -0.15) is 0 Å². The summed E-state index contributed by atoms with van der Waals surface area (Å²) in [4.78, 5) is 4.06. The summed E-state index contributed by atoms with van der Waals surface area (Å²) in [5, 5.41) is 4.34. The van der Waals surface area contributed by atoms with E-state index >= 15 is 0 Å². The van der Waals surface area contributed by atoms with Crippen molar-refractivity contribution in [2.45, 2.75) is 26.3 Å². The van der Waals surface area contributed by atoms with Gasteiger partial charge < -0.3 is 5.32 Å². The monoisotopic (exact) mass is 274 g/mol. The van der Waals surface area contributed by atoms with Crippen LogP contribution in [0, 0.1) is 6.92 Å². The fourth-order valence-electron chi connectivity index (χ4n) is 2.32. The summed E-state index contributed by atoms with van der Waals surface area (Å²) >= 11 is 6.03. The van der Waals surface area contributed by atoms with Crippen LogP contribution >= 0.6 is 11.6 Å². The molecule has 0 aliphatic rings. The molecule has 0 radical (unpaired) electrons. The van der Waals surface area contributed by atoms with Gasteiger partial charge >= 0.3 is 0 Å². The second-order valence-electron chi connectivity index (χ2n) is 4.67. The lowest BCUT2D eigenvalue weighted by Crippen LogP contribution is -2.23.